The van der Waals surface area contributed by atoms with E-state index in [2.05, 4.69) is 0 Å². The lowest BCUT2D eigenvalue weighted by atomic mass is 10.1. The maximum absolute atomic E-state index is 9.51. The average molecular weight is 246 g/mol. The molecule has 0 aromatic heterocycles. The van der Waals surface area contributed by atoms with Crippen LogP contribution in [0.4, 0.5) is 0 Å². The molecule has 4 heteroatoms. The van der Waals surface area contributed by atoms with Gasteiger partial charge in [-0.15, -0.1) is 12.4 Å². The van der Waals surface area contributed by atoms with Crippen molar-refractivity contribution in [1.82, 2.24) is 0 Å². The van der Waals surface area contributed by atoms with Gasteiger partial charge in [-0.1, -0.05) is 12.1 Å². The molecule has 92 valence electrons. The molecule has 0 radical (unpaired) electrons. The fourth-order valence-corrected chi connectivity index (χ4v) is 1.15. The highest BCUT2D eigenvalue weighted by Crippen LogP contribution is 2.18. The van der Waals surface area contributed by atoms with Gasteiger partial charge in [-0.05, 0) is 38.5 Å². The van der Waals surface area contributed by atoms with Crippen molar-refractivity contribution in [3.63, 3.8) is 0 Å². The van der Waals surface area contributed by atoms with Crippen LogP contribution in [0.1, 0.15) is 32.4 Å². The molecule has 1 atom stereocenters. The number of halogens is 1. The first kappa shape index (κ1) is 15.2. The van der Waals surface area contributed by atoms with Gasteiger partial charge >= 0.3 is 0 Å². The molecule has 1 rings (SSSR count). The molecule has 16 heavy (non-hydrogen) atoms. The molecule has 0 aliphatic rings. The van der Waals surface area contributed by atoms with Gasteiger partial charge in [0.15, 0.2) is 0 Å². The Kier molecular flexibility index (Phi) is 5.79. The number of benzene rings is 1. The Hall–Kier alpha value is -0.770. The van der Waals surface area contributed by atoms with Crippen LogP contribution in [-0.2, 0) is 0 Å². The molecule has 0 saturated heterocycles. The Labute approximate surface area is 103 Å². The molecule has 0 saturated carbocycles. The van der Waals surface area contributed by atoms with Crippen molar-refractivity contribution in [2.45, 2.75) is 32.4 Å². The fourth-order valence-electron chi connectivity index (χ4n) is 1.15. The van der Waals surface area contributed by atoms with E-state index in [-0.39, 0.29) is 25.1 Å². The maximum atomic E-state index is 9.51. The smallest absolute Gasteiger partial charge is 0.119 e. The minimum atomic E-state index is -0.815. The predicted octanol–water partition coefficient (Wildman–Crippen LogP) is 2.28. The minimum Gasteiger partial charge on any atom is -0.491 e. The Morgan fingerprint density at radius 2 is 2.06 bits per heavy atom. The number of hydrogen-bond acceptors (Lipinski definition) is 3. The van der Waals surface area contributed by atoms with Crippen molar-refractivity contribution in [1.29, 1.82) is 0 Å². The molecule has 0 amide bonds. The quantitative estimate of drug-likeness (QED) is 0.856. The molecular formula is C12H20ClNO2. The second kappa shape index (κ2) is 6.09. The van der Waals surface area contributed by atoms with Gasteiger partial charge in [0.25, 0.3) is 0 Å². The van der Waals surface area contributed by atoms with E-state index in [4.69, 9.17) is 10.5 Å². The van der Waals surface area contributed by atoms with Crippen molar-refractivity contribution in [2.75, 3.05) is 6.61 Å². The lowest BCUT2D eigenvalue weighted by Gasteiger charge is -2.18. The van der Waals surface area contributed by atoms with Gasteiger partial charge in [0.2, 0.25) is 0 Å². The molecular weight excluding hydrogens is 226 g/mol. The predicted molar refractivity (Wildman–Crippen MR) is 68.1 cm³/mol. The number of nitrogens with two attached hydrogens (primary N) is 1. The van der Waals surface area contributed by atoms with Crippen molar-refractivity contribution in [3.05, 3.63) is 29.8 Å². The van der Waals surface area contributed by atoms with Crippen LogP contribution in [0.5, 0.6) is 5.75 Å². The third-order valence-electron chi connectivity index (χ3n) is 1.98. The SMILES string of the molecule is CC(N)c1cccc(OCC(C)(C)O)c1.Cl. The summed E-state index contributed by atoms with van der Waals surface area (Å²) in [6.45, 7) is 5.62. The summed E-state index contributed by atoms with van der Waals surface area (Å²) in [6.07, 6.45) is 0. The summed E-state index contributed by atoms with van der Waals surface area (Å²) in [5.74, 6) is 0.743. The molecule has 0 spiro atoms. The van der Waals surface area contributed by atoms with Crippen LogP contribution in [0.3, 0.4) is 0 Å². The average Bonchev–Trinajstić information content (AvgIpc) is 2.14. The van der Waals surface area contributed by atoms with Gasteiger partial charge in [0, 0.05) is 6.04 Å². The largest absolute Gasteiger partial charge is 0.491 e. The first-order valence-electron chi connectivity index (χ1n) is 5.09. The molecule has 1 aromatic carbocycles. The normalized spacial score (nSPS) is 12.8. The summed E-state index contributed by atoms with van der Waals surface area (Å²) in [7, 11) is 0. The Balaban J connectivity index is 0.00000225. The van der Waals surface area contributed by atoms with E-state index in [0.717, 1.165) is 11.3 Å². The highest BCUT2D eigenvalue weighted by atomic mass is 35.5. The van der Waals surface area contributed by atoms with Crippen molar-refractivity contribution in [3.8, 4) is 5.75 Å². The van der Waals surface area contributed by atoms with Crippen LogP contribution >= 0.6 is 12.4 Å². The number of ether oxygens (including phenoxy) is 1. The number of aliphatic hydroxyl groups is 1. The summed E-state index contributed by atoms with van der Waals surface area (Å²) in [6, 6.07) is 7.62. The van der Waals surface area contributed by atoms with Crippen LogP contribution in [-0.4, -0.2) is 17.3 Å². The zero-order chi connectivity index (χ0) is 11.5. The van der Waals surface area contributed by atoms with Crippen LogP contribution in [0, 0.1) is 0 Å². The van der Waals surface area contributed by atoms with Gasteiger partial charge in [0.05, 0.1) is 5.60 Å². The molecule has 3 nitrogen and oxygen atoms in total. The van der Waals surface area contributed by atoms with E-state index in [1.807, 2.05) is 31.2 Å². The number of hydrogen-bond donors (Lipinski definition) is 2. The van der Waals surface area contributed by atoms with E-state index in [1.165, 1.54) is 0 Å². The molecule has 1 aromatic rings. The second-order valence-corrected chi connectivity index (χ2v) is 4.46. The van der Waals surface area contributed by atoms with Crippen molar-refractivity contribution >= 4 is 12.4 Å². The van der Waals surface area contributed by atoms with E-state index in [9.17, 15) is 5.11 Å². The van der Waals surface area contributed by atoms with Crippen LogP contribution in [0.15, 0.2) is 24.3 Å². The Morgan fingerprint density at radius 1 is 1.44 bits per heavy atom. The van der Waals surface area contributed by atoms with Gasteiger partial charge in [0.1, 0.15) is 12.4 Å². The molecule has 0 bridgehead atoms. The lowest BCUT2D eigenvalue weighted by Crippen LogP contribution is -2.27. The summed E-state index contributed by atoms with van der Waals surface area (Å²) in [5.41, 5.74) is 5.98. The molecule has 0 heterocycles. The first-order valence-corrected chi connectivity index (χ1v) is 5.09. The fraction of sp³-hybridized carbons (Fsp3) is 0.500. The van der Waals surface area contributed by atoms with E-state index in [0.29, 0.717) is 0 Å². The van der Waals surface area contributed by atoms with E-state index < -0.39 is 5.60 Å². The summed E-state index contributed by atoms with van der Waals surface area (Å²) in [5, 5.41) is 9.51. The van der Waals surface area contributed by atoms with Gasteiger partial charge in [-0.2, -0.15) is 0 Å². The van der Waals surface area contributed by atoms with Gasteiger partial charge in [-0.3, -0.25) is 0 Å². The third-order valence-corrected chi connectivity index (χ3v) is 1.98. The molecule has 3 N–H and O–H groups in total. The highest BCUT2D eigenvalue weighted by molar-refractivity contribution is 5.85. The number of rotatable bonds is 4. The van der Waals surface area contributed by atoms with Gasteiger partial charge in [-0.25, -0.2) is 0 Å². The zero-order valence-corrected chi connectivity index (χ0v) is 10.8. The third kappa shape index (κ3) is 5.35. The molecule has 0 aliphatic heterocycles. The second-order valence-electron chi connectivity index (χ2n) is 4.46. The van der Waals surface area contributed by atoms with Crippen molar-refractivity contribution < 1.29 is 9.84 Å². The van der Waals surface area contributed by atoms with E-state index in [1.54, 1.807) is 13.8 Å². The minimum absolute atomic E-state index is 0. The lowest BCUT2D eigenvalue weighted by molar-refractivity contribution is 0.0284. The van der Waals surface area contributed by atoms with Crippen LogP contribution in [0.2, 0.25) is 0 Å². The summed E-state index contributed by atoms with van der Waals surface area (Å²) < 4.78 is 5.46. The Morgan fingerprint density at radius 3 is 2.56 bits per heavy atom. The Bertz CT molecular complexity index is 321. The molecule has 0 aliphatic carbocycles. The monoisotopic (exact) mass is 245 g/mol. The molecule has 0 fully saturated rings. The molecule has 1 unspecified atom stereocenters. The summed E-state index contributed by atoms with van der Waals surface area (Å²) in [4.78, 5) is 0. The zero-order valence-electron chi connectivity index (χ0n) is 9.93. The van der Waals surface area contributed by atoms with Gasteiger partial charge < -0.3 is 15.6 Å². The van der Waals surface area contributed by atoms with Crippen LogP contribution < -0.4 is 10.5 Å². The van der Waals surface area contributed by atoms with Crippen LogP contribution in [0.25, 0.3) is 0 Å². The first-order chi connectivity index (χ1) is 6.88. The van der Waals surface area contributed by atoms with Crippen molar-refractivity contribution in [2.24, 2.45) is 5.73 Å². The van der Waals surface area contributed by atoms with E-state index >= 15 is 0 Å². The maximum Gasteiger partial charge on any atom is 0.119 e. The topological polar surface area (TPSA) is 55.5 Å². The standard InChI is InChI=1S/C12H19NO2.ClH/c1-9(13)10-5-4-6-11(7-10)15-8-12(2,3)14;/h4-7,9,14H,8,13H2,1-3H3;1H. The summed E-state index contributed by atoms with van der Waals surface area (Å²) >= 11 is 0. The highest BCUT2D eigenvalue weighted by Gasteiger charge is 2.13.